The zero-order valence-electron chi connectivity index (χ0n) is 10.9. The summed E-state index contributed by atoms with van der Waals surface area (Å²) < 4.78 is 0. The highest BCUT2D eigenvalue weighted by Crippen LogP contribution is 2.29. The lowest BCUT2D eigenvalue weighted by Crippen LogP contribution is -2.45. The number of nitrogens with two attached hydrogens (primary N) is 1. The number of nitrogens with zero attached hydrogens (tertiary/aromatic N) is 3. The first-order valence-corrected chi connectivity index (χ1v) is 6.85. The number of amides is 1. The number of anilines is 1. The van der Waals surface area contributed by atoms with Crippen molar-refractivity contribution < 1.29 is 4.79 Å². The minimum absolute atomic E-state index is 0.190. The van der Waals surface area contributed by atoms with Crippen LogP contribution in [-0.4, -0.2) is 45.9 Å². The normalized spacial score (nSPS) is 21.3. The first kappa shape index (κ1) is 12.3. The Kier molecular flexibility index (Phi) is 3.33. The van der Waals surface area contributed by atoms with Gasteiger partial charge >= 0.3 is 0 Å². The van der Waals surface area contributed by atoms with Gasteiger partial charge in [0.2, 0.25) is 0 Å². The van der Waals surface area contributed by atoms with Gasteiger partial charge in [-0.1, -0.05) is 0 Å². The van der Waals surface area contributed by atoms with Crippen molar-refractivity contribution in [2.24, 2.45) is 0 Å². The molecule has 102 valence electrons. The monoisotopic (exact) mass is 261 g/mol. The van der Waals surface area contributed by atoms with E-state index in [1.54, 1.807) is 0 Å². The summed E-state index contributed by atoms with van der Waals surface area (Å²) in [7, 11) is 0. The van der Waals surface area contributed by atoms with E-state index in [9.17, 15) is 4.79 Å². The van der Waals surface area contributed by atoms with Crippen molar-refractivity contribution in [1.82, 2.24) is 20.2 Å². The van der Waals surface area contributed by atoms with E-state index in [1.165, 1.54) is 25.2 Å². The third-order valence-corrected chi connectivity index (χ3v) is 3.87. The van der Waals surface area contributed by atoms with Gasteiger partial charge in [-0.15, -0.1) is 0 Å². The number of aromatic nitrogens is 2. The maximum atomic E-state index is 12.1. The molecule has 0 spiro atoms. The molecule has 0 atom stereocenters. The maximum Gasteiger partial charge on any atom is 0.273 e. The molecule has 1 saturated heterocycles. The van der Waals surface area contributed by atoms with Gasteiger partial charge in [0.1, 0.15) is 0 Å². The molecule has 3 rings (SSSR count). The number of hydrogen-bond donors (Lipinski definition) is 2. The van der Waals surface area contributed by atoms with E-state index in [1.807, 2.05) is 0 Å². The van der Waals surface area contributed by atoms with Crippen molar-refractivity contribution in [2.75, 3.05) is 18.8 Å². The molecule has 6 heteroatoms. The van der Waals surface area contributed by atoms with Gasteiger partial charge in [-0.2, -0.15) is 0 Å². The topological polar surface area (TPSA) is 84.1 Å². The Morgan fingerprint density at radius 3 is 2.53 bits per heavy atom. The van der Waals surface area contributed by atoms with Crippen LogP contribution < -0.4 is 11.1 Å². The van der Waals surface area contributed by atoms with E-state index in [2.05, 4.69) is 20.2 Å². The predicted molar refractivity (Wildman–Crippen MR) is 71.5 cm³/mol. The summed E-state index contributed by atoms with van der Waals surface area (Å²) in [5.74, 6) is -0.0223. The van der Waals surface area contributed by atoms with Crippen LogP contribution in [0.1, 0.15) is 36.2 Å². The quantitative estimate of drug-likeness (QED) is 0.823. The molecule has 2 heterocycles. The summed E-state index contributed by atoms with van der Waals surface area (Å²) in [4.78, 5) is 22.5. The molecule has 0 unspecified atom stereocenters. The van der Waals surface area contributed by atoms with E-state index in [0.29, 0.717) is 0 Å². The molecule has 2 fully saturated rings. The molecule has 19 heavy (non-hydrogen) atoms. The van der Waals surface area contributed by atoms with Gasteiger partial charge in [0.15, 0.2) is 11.5 Å². The second-order valence-electron chi connectivity index (χ2n) is 5.31. The summed E-state index contributed by atoms with van der Waals surface area (Å²) in [5.41, 5.74) is 5.88. The summed E-state index contributed by atoms with van der Waals surface area (Å²) in [6, 6.07) is 1.04. The number of nitrogen functional groups attached to an aromatic ring is 1. The smallest absolute Gasteiger partial charge is 0.273 e. The summed E-state index contributed by atoms with van der Waals surface area (Å²) >= 11 is 0. The van der Waals surface area contributed by atoms with Gasteiger partial charge in [-0.05, 0) is 25.7 Å². The molecule has 1 amide bonds. The minimum Gasteiger partial charge on any atom is -0.382 e. The third-order valence-electron chi connectivity index (χ3n) is 3.87. The van der Waals surface area contributed by atoms with Crippen LogP contribution in [0, 0.1) is 0 Å². The fraction of sp³-hybridized carbons (Fsp3) is 0.615. The summed E-state index contributed by atoms with van der Waals surface area (Å²) in [5, 5.41) is 3.01. The van der Waals surface area contributed by atoms with Crippen molar-refractivity contribution in [3.8, 4) is 0 Å². The lowest BCUT2D eigenvalue weighted by molar-refractivity contribution is 0.0904. The Balaban J connectivity index is 1.54. The molecule has 0 radical (unpaired) electrons. The molecule has 6 nitrogen and oxygen atoms in total. The highest BCUT2D eigenvalue weighted by molar-refractivity contribution is 5.96. The maximum absolute atomic E-state index is 12.1. The van der Waals surface area contributed by atoms with Crippen LogP contribution in [0.3, 0.4) is 0 Å². The van der Waals surface area contributed by atoms with Gasteiger partial charge in [0.25, 0.3) is 5.91 Å². The minimum atomic E-state index is -0.213. The Morgan fingerprint density at radius 1 is 1.21 bits per heavy atom. The van der Waals surface area contributed by atoms with E-state index in [4.69, 9.17) is 5.73 Å². The molecule has 3 N–H and O–H groups in total. The van der Waals surface area contributed by atoms with E-state index in [0.717, 1.165) is 32.0 Å². The zero-order chi connectivity index (χ0) is 13.2. The van der Waals surface area contributed by atoms with Crippen LogP contribution >= 0.6 is 0 Å². The molecule has 2 aliphatic rings. The van der Waals surface area contributed by atoms with Gasteiger partial charge in [0.05, 0.1) is 0 Å². The Labute approximate surface area is 112 Å². The van der Waals surface area contributed by atoms with Crippen molar-refractivity contribution in [2.45, 2.75) is 37.8 Å². The Hall–Kier alpha value is -1.69. The van der Waals surface area contributed by atoms with Crippen molar-refractivity contribution >= 4 is 11.7 Å². The fourth-order valence-corrected chi connectivity index (χ4v) is 2.63. The number of rotatable bonds is 3. The standard InChI is InChI=1S/C13H19N5O/c14-12-11(15-5-6-16-12)13(19)17-9-3-7-18(8-4-9)10-1-2-10/h5-6,9-10H,1-4,7-8H2,(H2,14,16)(H,17,19). The lowest BCUT2D eigenvalue weighted by atomic mass is 10.0. The van der Waals surface area contributed by atoms with Crippen LogP contribution in [0.15, 0.2) is 12.4 Å². The largest absolute Gasteiger partial charge is 0.382 e. The molecule has 1 aromatic heterocycles. The van der Waals surface area contributed by atoms with Crippen LogP contribution in [0.5, 0.6) is 0 Å². The van der Waals surface area contributed by atoms with Crippen LogP contribution in [-0.2, 0) is 0 Å². The molecule has 0 aromatic carbocycles. The first-order chi connectivity index (χ1) is 9.24. The number of carbonyl (C=O) groups is 1. The number of piperidine rings is 1. The molecular formula is C13H19N5O. The van der Waals surface area contributed by atoms with Gasteiger partial charge in [0, 0.05) is 37.6 Å². The van der Waals surface area contributed by atoms with Crippen LogP contribution in [0.25, 0.3) is 0 Å². The fourth-order valence-electron chi connectivity index (χ4n) is 2.63. The van der Waals surface area contributed by atoms with E-state index in [-0.39, 0.29) is 23.5 Å². The van der Waals surface area contributed by atoms with Gasteiger partial charge in [-0.3, -0.25) is 4.79 Å². The summed E-state index contributed by atoms with van der Waals surface area (Å²) in [6.45, 7) is 2.15. The van der Waals surface area contributed by atoms with E-state index < -0.39 is 0 Å². The number of carbonyl (C=O) groups excluding carboxylic acids is 1. The predicted octanol–water partition coefficient (Wildman–Crippen LogP) is 0.415. The molecule has 1 aliphatic carbocycles. The molecule has 0 bridgehead atoms. The SMILES string of the molecule is Nc1nccnc1C(=O)NC1CCN(C2CC2)CC1. The van der Waals surface area contributed by atoms with Gasteiger partial charge in [-0.25, -0.2) is 9.97 Å². The van der Waals surface area contributed by atoms with Crippen molar-refractivity contribution in [3.63, 3.8) is 0 Å². The number of hydrogen-bond acceptors (Lipinski definition) is 5. The number of likely N-dealkylation sites (tertiary alicyclic amines) is 1. The first-order valence-electron chi connectivity index (χ1n) is 6.85. The second-order valence-corrected chi connectivity index (χ2v) is 5.31. The lowest BCUT2D eigenvalue weighted by Gasteiger charge is -2.32. The molecule has 1 aliphatic heterocycles. The highest BCUT2D eigenvalue weighted by atomic mass is 16.2. The average molecular weight is 261 g/mol. The molecule has 1 saturated carbocycles. The third kappa shape index (κ3) is 2.84. The van der Waals surface area contributed by atoms with Crippen molar-refractivity contribution in [3.05, 3.63) is 18.1 Å². The van der Waals surface area contributed by atoms with Crippen LogP contribution in [0.2, 0.25) is 0 Å². The highest BCUT2D eigenvalue weighted by Gasteiger charge is 2.32. The zero-order valence-corrected chi connectivity index (χ0v) is 10.9. The Morgan fingerprint density at radius 2 is 1.89 bits per heavy atom. The Bertz CT molecular complexity index is 466. The average Bonchev–Trinajstić information content (AvgIpc) is 3.24. The second kappa shape index (κ2) is 5.13. The van der Waals surface area contributed by atoms with E-state index >= 15 is 0 Å². The van der Waals surface area contributed by atoms with Crippen LogP contribution in [0.4, 0.5) is 5.82 Å². The van der Waals surface area contributed by atoms with Crippen molar-refractivity contribution in [1.29, 1.82) is 0 Å². The molecular weight excluding hydrogens is 242 g/mol. The van der Waals surface area contributed by atoms with Gasteiger partial charge < -0.3 is 16.0 Å². The summed E-state index contributed by atoms with van der Waals surface area (Å²) in [6.07, 6.45) is 7.66. The number of nitrogens with one attached hydrogen (secondary N) is 1. The molecule has 1 aromatic rings.